The van der Waals surface area contributed by atoms with Gasteiger partial charge in [0, 0.05) is 0 Å². The van der Waals surface area contributed by atoms with Crippen LogP contribution in [0.25, 0.3) is 0 Å². The largest absolute Gasteiger partial charge is 0.571 e. The van der Waals surface area contributed by atoms with Gasteiger partial charge in [-0.3, -0.25) is 5.41 Å². The second kappa shape index (κ2) is 2.53. The minimum Gasteiger partial charge on any atom is -0.511 e. The van der Waals surface area contributed by atoms with Crippen molar-refractivity contribution in [2.45, 2.75) is 0 Å². The van der Waals surface area contributed by atoms with E-state index in [-0.39, 0.29) is 0 Å². The maximum absolute atomic E-state index is 7.67. The van der Waals surface area contributed by atoms with Gasteiger partial charge in [-0.1, -0.05) is 0 Å². The summed E-state index contributed by atoms with van der Waals surface area (Å²) in [5.41, 5.74) is 4.57. The van der Waals surface area contributed by atoms with Gasteiger partial charge in [0.15, 0.2) is 0 Å². The lowest BCUT2D eigenvalue weighted by molar-refractivity contribution is 0.442. The van der Waals surface area contributed by atoms with Crippen LogP contribution in [0.2, 0.25) is 0 Å². The molecule has 0 aliphatic rings. The van der Waals surface area contributed by atoms with Crippen LogP contribution in [-0.2, 0) is 4.65 Å². The third-order valence-corrected chi connectivity index (χ3v) is 0.180. The van der Waals surface area contributed by atoms with Gasteiger partial charge in [-0.05, 0) is 0 Å². The molecule has 0 aliphatic carbocycles. The standard InChI is InChI=1S/CH4BN2O2/c3-1(4)6-2-5/h5H,(H3,3,4). The summed E-state index contributed by atoms with van der Waals surface area (Å²) in [6, 6.07) is -0.516. The molecule has 0 aromatic heterocycles. The second-order valence-corrected chi connectivity index (χ2v) is 0.588. The number of nitrogens with two attached hydrogens (primary N) is 1. The van der Waals surface area contributed by atoms with E-state index in [4.69, 9.17) is 10.4 Å². The zero-order valence-corrected chi connectivity index (χ0v) is 3.01. The summed E-state index contributed by atoms with van der Waals surface area (Å²) in [5, 5.41) is 13.9. The van der Waals surface area contributed by atoms with Gasteiger partial charge >= 0.3 is 7.69 Å². The highest BCUT2D eigenvalue weighted by Crippen LogP contribution is 1.56. The third kappa shape index (κ3) is 3.29. The summed E-state index contributed by atoms with van der Waals surface area (Å²) in [6.45, 7) is 0. The lowest BCUT2D eigenvalue weighted by Crippen LogP contribution is -2.16. The molecule has 0 bridgehead atoms. The lowest BCUT2D eigenvalue weighted by Gasteiger charge is -1.90. The van der Waals surface area contributed by atoms with E-state index < -0.39 is 6.02 Å². The van der Waals surface area contributed by atoms with Crippen LogP contribution in [0.4, 0.5) is 0 Å². The molecule has 0 aromatic rings. The van der Waals surface area contributed by atoms with Crippen LogP contribution < -0.4 is 5.73 Å². The summed E-state index contributed by atoms with van der Waals surface area (Å²) in [5.74, 6) is 0. The van der Waals surface area contributed by atoms with Crippen LogP contribution in [0, 0.1) is 5.41 Å². The molecule has 0 aliphatic heterocycles. The molecule has 0 saturated carbocycles. The van der Waals surface area contributed by atoms with Crippen LogP contribution in [0.1, 0.15) is 0 Å². The number of rotatable bonds is 1. The Morgan fingerprint density at radius 3 is 2.50 bits per heavy atom. The molecular weight excluding hydrogens is 82.8 g/mol. The monoisotopic (exact) mass is 87.0 g/mol. The molecule has 4 nitrogen and oxygen atoms in total. The molecule has 5 heteroatoms. The molecule has 33 valence electrons. The van der Waals surface area contributed by atoms with E-state index in [0.29, 0.717) is 7.69 Å². The normalized spacial score (nSPS) is 6.83. The molecule has 0 amide bonds. The number of nitrogens with one attached hydrogen (secondary N) is 1. The van der Waals surface area contributed by atoms with Gasteiger partial charge in [0.1, 0.15) is 0 Å². The average Bonchev–Trinajstić information content (AvgIpc) is 1.35. The second-order valence-electron chi connectivity index (χ2n) is 0.588. The van der Waals surface area contributed by atoms with Crippen molar-refractivity contribution in [3.05, 3.63) is 0 Å². The van der Waals surface area contributed by atoms with Gasteiger partial charge in [0.05, 0.1) is 0 Å². The van der Waals surface area contributed by atoms with E-state index in [2.05, 4.69) is 10.4 Å². The zero-order chi connectivity index (χ0) is 4.99. The highest BCUT2D eigenvalue weighted by molar-refractivity contribution is 6.20. The third-order valence-electron chi connectivity index (χ3n) is 0.180. The average molecular weight is 86.9 g/mol. The first-order chi connectivity index (χ1) is 2.77. The van der Waals surface area contributed by atoms with Crippen LogP contribution in [0.3, 0.4) is 0 Å². The van der Waals surface area contributed by atoms with Gasteiger partial charge in [-0.15, -0.1) is 0 Å². The molecule has 0 fully saturated rings. The van der Waals surface area contributed by atoms with Gasteiger partial charge in [-0.2, -0.15) is 0 Å². The van der Waals surface area contributed by atoms with Gasteiger partial charge in [0.2, 0.25) is 0 Å². The Bertz CT molecular complexity index is 55.5. The van der Waals surface area contributed by atoms with Crippen molar-refractivity contribution in [1.82, 2.24) is 0 Å². The van der Waals surface area contributed by atoms with Crippen LogP contribution in [0.5, 0.6) is 0 Å². The molecular formula is CH4BN2O2. The van der Waals surface area contributed by atoms with Crippen molar-refractivity contribution in [2.75, 3.05) is 0 Å². The fourth-order valence-electron chi connectivity index (χ4n) is 0.0568. The van der Waals surface area contributed by atoms with Crippen molar-refractivity contribution in [1.29, 1.82) is 5.41 Å². The van der Waals surface area contributed by atoms with Crippen molar-refractivity contribution in [2.24, 2.45) is 5.73 Å². The van der Waals surface area contributed by atoms with Crippen LogP contribution in [0.15, 0.2) is 0 Å². The first kappa shape index (κ1) is 5.29. The van der Waals surface area contributed by atoms with Crippen molar-refractivity contribution in [3.8, 4) is 0 Å². The highest BCUT2D eigenvalue weighted by Gasteiger charge is 1.84. The predicted molar refractivity (Wildman–Crippen MR) is 21.0 cm³/mol. The molecule has 0 atom stereocenters. The first-order valence-electron chi connectivity index (χ1n) is 1.24. The molecule has 0 rings (SSSR count). The van der Waals surface area contributed by atoms with Gasteiger partial charge in [0.25, 0.3) is 6.02 Å². The Morgan fingerprint density at radius 2 is 2.50 bits per heavy atom. The predicted octanol–water partition coefficient (Wildman–Crippen LogP) is -1.58. The Labute approximate surface area is 35.7 Å². The maximum Gasteiger partial charge on any atom is 0.571 e. The molecule has 1 radical (unpaired) electrons. The van der Waals surface area contributed by atoms with Crippen LogP contribution >= 0.6 is 0 Å². The van der Waals surface area contributed by atoms with E-state index in [1.807, 2.05) is 0 Å². The molecule has 0 unspecified atom stereocenters. The number of amidine groups is 1. The maximum atomic E-state index is 7.67. The van der Waals surface area contributed by atoms with Gasteiger partial charge in [-0.25, -0.2) is 0 Å². The molecule has 0 saturated heterocycles. The summed E-state index contributed by atoms with van der Waals surface area (Å²) in [6.07, 6.45) is 0. The first-order valence-corrected chi connectivity index (χ1v) is 1.24. The van der Waals surface area contributed by atoms with Crippen molar-refractivity contribution in [3.63, 3.8) is 0 Å². The van der Waals surface area contributed by atoms with Crippen molar-refractivity contribution >= 4 is 13.7 Å². The van der Waals surface area contributed by atoms with E-state index in [0.717, 1.165) is 0 Å². The summed E-state index contributed by atoms with van der Waals surface area (Å²) in [7, 11) is 0.350. The smallest absolute Gasteiger partial charge is 0.511 e. The molecule has 0 heterocycles. The summed E-state index contributed by atoms with van der Waals surface area (Å²) in [4.78, 5) is 0. The van der Waals surface area contributed by atoms with E-state index >= 15 is 0 Å². The Morgan fingerprint density at radius 1 is 2.00 bits per heavy atom. The van der Waals surface area contributed by atoms with E-state index in [9.17, 15) is 0 Å². The summed E-state index contributed by atoms with van der Waals surface area (Å²) < 4.78 is 3.83. The summed E-state index contributed by atoms with van der Waals surface area (Å²) >= 11 is 0. The SMILES string of the molecule is N=C(N)O[B]O. The molecule has 6 heavy (non-hydrogen) atoms. The fourth-order valence-corrected chi connectivity index (χ4v) is 0.0568. The van der Waals surface area contributed by atoms with E-state index in [1.54, 1.807) is 0 Å². The zero-order valence-electron chi connectivity index (χ0n) is 3.01. The Balaban J connectivity index is 2.83. The highest BCUT2D eigenvalue weighted by atomic mass is 16.5. The lowest BCUT2D eigenvalue weighted by atomic mass is 10.4. The quantitative estimate of drug-likeness (QED) is 0.205. The Kier molecular flexibility index (Phi) is 2.23. The number of hydrogen-bond acceptors (Lipinski definition) is 3. The van der Waals surface area contributed by atoms with Crippen LogP contribution in [-0.4, -0.2) is 18.7 Å². The van der Waals surface area contributed by atoms with E-state index in [1.165, 1.54) is 0 Å². The Hall–Kier alpha value is -0.705. The molecule has 0 aromatic carbocycles. The minimum atomic E-state index is -0.516. The molecule has 4 N–H and O–H groups in total. The number of hydrogen-bond donors (Lipinski definition) is 3. The molecule has 0 spiro atoms. The fraction of sp³-hybridized carbons (Fsp3) is 0. The minimum absolute atomic E-state index is 0.350. The van der Waals surface area contributed by atoms with Gasteiger partial charge < -0.3 is 15.4 Å². The van der Waals surface area contributed by atoms with Crippen molar-refractivity contribution < 1.29 is 9.68 Å². The topological polar surface area (TPSA) is 79.3 Å².